The Morgan fingerprint density at radius 1 is 1.19 bits per heavy atom. The van der Waals surface area contributed by atoms with Crippen LogP contribution in [-0.2, 0) is 9.53 Å². The summed E-state index contributed by atoms with van der Waals surface area (Å²) in [6, 6.07) is 11.6. The van der Waals surface area contributed by atoms with Gasteiger partial charge in [0.2, 0.25) is 5.91 Å². The van der Waals surface area contributed by atoms with Gasteiger partial charge in [0.1, 0.15) is 0 Å². The average Bonchev–Trinajstić information content (AvgIpc) is 3.18. The Hall–Kier alpha value is -1.65. The van der Waals surface area contributed by atoms with Gasteiger partial charge in [-0.1, -0.05) is 43.3 Å². The zero-order valence-corrected chi connectivity index (χ0v) is 16.4. The molecule has 4 heteroatoms. The topological polar surface area (TPSA) is 41.6 Å². The van der Waals surface area contributed by atoms with Crippen molar-refractivity contribution in [1.29, 1.82) is 0 Å². The number of hydrogen-bond donors (Lipinski definition) is 1. The van der Waals surface area contributed by atoms with Gasteiger partial charge in [-0.3, -0.25) is 4.79 Å². The fraction of sp³-hybridized carbons (Fsp3) is 0.609. The molecule has 0 spiro atoms. The normalized spacial score (nSPS) is 31.6. The van der Waals surface area contributed by atoms with Crippen molar-refractivity contribution in [2.75, 3.05) is 26.3 Å². The molecule has 0 bridgehead atoms. The summed E-state index contributed by atoms with van der Waals surface area (Å²) in [5.41, 5.74) is 2.67. The second-order valence-corrected chi connectivity index (χ2v) is 8.45. The highest BCUT2D eigenvalue weighted by atomic mass is 16.5. The summed E-state index contributed by atoms with van der Waals surface area (Å²) in [6.07, 6.45) is 7.44. The highest BCUT2D eigenvalue weighted by Crippen LogP contribution is 2.30. The van der Waals surface area contributed by atoms with E-state index < -0.39 is 0 Å². The zero-order chi connectivity index (χ0) is 18.6. The summed E-state index contributed by atoms with van der Waals surface area (Å²) in [4.78, 5) is 15.1. The molecule has 1 N–H and O–H groups in total. The highest BCUT2D eigenvalue weighted by molar-refractivity contribution is 5.81. The summed E-state index contributed by atoms with van der Waals surface area (Å²) in [5, 5.41) is 3.82. The van der Waals surface area contributed by atoms with E-state index in [1.807, 2.05) is 6.07 Å². The molecule has 4 atom stereocenters. The number of ether oxygens (including phenoxy) is 1. The van der Waals surface area contributed by atoms with Gasteiger partial charge in [-0.15, -0.1) is 0 Å². The molecular formula is C23H32N2O2. The van der Waals surface area contributed by atoms with E-state index in [-0.39, 0.29) is 5.92 Å². The fourth-order valence-corrected chi connectivity index (χ4v) is 4.83. The number of benzene rings is 1. The van der Waals surface area contributed by atoms with Gasteiger partial charge >= 0.3 is 0 Å². The molecule has 2 heterocycles. The Kier molecular flexibility index (Phi) is 5.94. The maximum Gasteiger partial charge on any atom is 0.226 e. The number of amides is 1. The van der Waals surface area contributed by atoms with Crippen molar-refractivity contribution in [1.82, 2.24) is 10.2 Å². The molecule has 1 amide bonds. The molecule has 2 aliphatic heterocycles. The van der Waals surface area contributed by atoms with Crippen LogP contribution in [0.15, 0.2) is 36.4 Å². The standard InChI is InChI=1S/C23H32N2O2/c1-17-16-27-14-11-22(17)24-21-8-7-20(15-21)23(26)25-12-9-19(10-13-25)18-5-3-2-4-6-18/h2-6,9,17,20-22,24H,7-8,10-16H2,1H3/t17?,20?,21-,22?/m1/s1. The molecule has 27 heavy (non-hydrogen) atoms. The molecule has 4 nitrogen and oxygen atoms in total. The van der Waals surface area contributed by atoms with E-state index in [9.17, 15) is 4.79 Å². The SMILES string of the molecule is CC1COCCC1N[C@@H]1CCC(C(=O)N2CC=C(c3ccccc3)CC2)C1. The van der Waals surface area contributed by atoms with Crippen LogP contribution in [0.1, 0.15) is 44.6 Å². The van der Waals surface area contributed by atoms with Crippen molar-refractivity contribution in [3.05, 3.63) is 42.0 Å². The maximum absolute atomic E-state index is 13.0. The average molecular weight is 369 g/mol. The largest absolute Gasteiger partial charge is 0.381 e. The molecule has 146 valence electrons. The van der Waals surface area contributed by atoms with Gasteiger partial charge in [0, 0.05) is 37.7 Å². The van der Waals surface area contributed by atoms with Crippen LogP contribution in [-0.4, -0.2) is 49.2 Å². The van der Waals surface area contributed by atoms with Gasteiger partial charge in [-0.2, -0.15) is 0 Å². The van der Waals surface area contributed by atoms with Crippen LogP contribution < -0.4 is 5.32 Å². The minimum Gasteiger partial charge on any atom is -0.381 e. The molecule has 1 saturated heterocycles. The van der Waals surface area contributed by atoms with Crippen LogP contribution in [0.3, 0.4) is 0 Å². The minimum atomic E-state index is 0.198. The van der Waals surface area contributed by atoms with Gasteiger partial charge in [0.15, 0.2) is 0 Å². The second kappa shape index (κ2) is 8.57. The molecule has 1 aromatic rings. The first-order valence-corrected chi connectivity index (χ1v) is 10.6. The number of carbonyl (C=O) groups excluding carboxylic acids is 1. The lowest BCUT2D eigenvalue weighted by Crippen LogP contribution is -2.46. The zero-order valence-electron chi connectivity index (χ0n) is 16.4. The minimum absolute atomic E-state index is 0.198. The van der Waals surface area contributed by atoms with Crippen LogP contribution in [0.5, 0.6) is 0 Å². The van der Waals surface area contributed by atoms with Crippen molar-refractivity contribution < 1.29 is 9.53 Å². The van der Waals surface area contributed by atoms with E-state index >= 15 is 0 Å². The summed E-state index contributed by atoms with van der Waals surface area (Å²) >= 11 is 0. The highest BCUT2D eigenvalue weighted by Gasteiger charge is 2.35. The van der Waals surface area contributed by atoms with E-state index in [0.717, 1.165) is 58.4 Å². The predicted octanol–water partition coefficient (Wildman–Crippen LogP) is 3.49. The van der Waals surface area contributed by atoms with Crippen molar-refractivity contribution in [2.45, 2.75) is 51.1 Å². The first-order valence-electron chi connectivity index (χ1n) is 10.6. The Morgan fingerprint density at radius 3 is 2.78 bits per heavy atom. The first-order chi connectivity index (χ1) is 13.2. The number of nitrogens with zero attached hydrogens (tertiary/aromatic N) is 1. The molecule has 1 saturated carbocycles. The summed E-state index contributed by atoms with van der Waals surface area (Å²) in [7, 11) is 0. The number of hydrogen-bond acceptors (Lipinski definition) is 3. The van der Waals surface area contributed by atoms with E-state index in [4.69, 9.17) is 4.74 Å². The number of carbonyl (C=O) groups is 1. The third-order valence-corrected chi connectivity index (χ3v) is 6.54. The third-order valence-electron chi connectivity index (χ3n) is 6.54. The second-order valence-electron chi connectivity index (χ2n) is 8.45. The molecule has 4 rings (SSSR count). The van der Waals surface area contributed by atoms with Crippen LogP contribution in [0.25, 0.3) is 5.57 Å². The van der Waals surface area contributed by atoms with Crippen molar-refractivity contribution in [3.63, 3.8) is 0 Å². The Balaban J connectivity index is 1.29. The molecule has 1 aromatic carbocycles. The Morgan fingerprint density at radius 2 is 2.04 bits per heavy atom. The van der Waals surface area contributed by atoms with E-state index in [2.05, 4.69) is 47.5 Å². The van der Waals surface area contributed by atoms with Gasteiger partial charge in [-0.05, 0) is 49.2 Å². The van der Waals surface area contributed by atoms with Crippen LogP contribution in [0, 0.1) is 11.8 Å². The molecule has 3 unspecified atom stereocenters. The summed E-state index contributed by atoms with van der Waals surface area (Å²) in [5.74, 6) is 1.13. The van der Waals surface area contributed by atoms with E-state index in [0.29, 0.717) is 23.9 Å². The molecule has 2 fully saturated rings. The van der Waals surface area contributed by atoms with E-state index in [1.165, 1.54) is 11.1 Å². The first kappa shape index (κ1) is 18.7. The van der Waals surface area contributed by atoms with Gasteiger partial charge < -0.3 is 15.0 Å². The Labute approximate surface area is 163 Å². The molecule has 0 aromatic heterocycles. The number of nitrogens with one attached hydrogen (secondary N) is 1. The van der Waals surface area contributed by atoms with Gasteiger partial charge in [-0.25, -0.2) is 0 Å². The lowest BCUT2D eigenvalue weighted by Gasteiger charge is -2.32. The molecule has 1 aliphatic carbocycles. The van der Waals surface area contributed by atoms with Crippen LogP contribution in [0.4, 0.5) is 0 Å². The van der Waals surface area contributed by atoms with Crippen LogP contribution >= 0.6 is 0 Å². The lowest BCUT2D eigenvalue weighted by molar-refractivity contribution is -0.134. The van der Waals surface area contributed by atoms with Crippen molar-refractivity contribution in [3.8, 4) is 0 Å². The van der Waals surface area contributed by atoms with Crippen molar-refractivity contribution in [2.24, 2.45) is 11.8 Å². The molecular weight excluding hydrogens is 336 g/mol. The van der Waals surface area contributed by atoms with Crippen molar-refractivity contribution >= 4 is 11.5 Å². The maximum atomic E-state index is 13.0. The smallest absolute Gasteiger partial charge is 0.226 e. The van der Waals surface area contributed by atoms with Gasteiger partial charge in [0.25, 0.3) is 0 Å². The van der Waals surface area contributed by atoms with E-state index in [1.54, 1.807) is 0 Å². The lowest BCUT2D eigenvalue weighted by atomic mass is 9.96. The third kappa shape index (κ3) is 4.44. The summed E-state index contributed by atoms with van der Waals surface area (Å²) < 4.78 is 5.55. The quantitative estimate of drug-likeness (QED) is 0.885. The number of rotatable bonds is 4. The van der Waals surface area contributed by atoms with Gasteiger partial charge in [0.05, 0.1) is 6.61 Å². The van der Waals surface area contributed by atoms with Crippen LogP contribution in [0.2, 0.25) is 0 Å². The fourth-order valence-electron chi connectivity index (χ4n) is 4.83. The monoisotopic (exact) mass is 368 g/mol. The molecule has 0 radical (unpaired) electrons. The predicted molar refractivity (Wildman–Crippen MR) is 108 cm³/mol. The Bertz CT molecular complexity index is 672. The molecule has 3 aliphatic rings. The summed E-state index contributed by atoms with van der Waals surface area (Å²) in [6.45, 7) is 5.59.